The molecule has 0 saturated heterocycles. The number of amides is 1. The molecule has 0 radical (unpaired) electrons. The zero-order valence-electron chi connectivity index (χ0n) is 11.0. The first-order chi connectivity index (χ1) is 9.32. The van der Waals surface area contributed by atoms with Crippen LogP contribution >= 0.6 is 11.6 Å². The van der Waals surface area contributed by atoms with Crippen molar-refractivity contribution in [1.82, 2.24) is 10.3 Å². The number of halogens is 1. The van der Waals surface area contributed by atoms with Gasteiger partial charge in [-0.15, -0.1) is 0 Å². The third-order valence-electron chi connectivity index (χ3n) is 2.68. The van der Waals surface area contributed by atoms with E-state index in [1.807, 2.05) is 6.92 Å². The lowest BCUT2D eigenvalue weighted by Crippen LogP contribution is -2.28. The molecule has 9 heteroatoms. The minimum absolute atomic E-state index is 0.0472. The van der Waals surface area contributed by atoms with Crippen molar-refractivity contribution in [3.8, 4) is 0 Å². The van der Waals surface area contributed by atoms with Crippen molar-refractivity contribution < 1.29 is 13.9 Å². The van der Waals surface area contributed by atoms with E-state index in [1.54, 1.807) is 6.26 Å². The largest absolute Gasteiger partial charge is 0.352 e. The third kappa shape index (κ3) is 4.53. The molecule has 0 saturated carbocycles. The van der Waals surface area contributed by atoms with Gasteiger partial charge in [0.1, 0.15) is 11.3 Å². The summed E-state index contributed by atoms with van der Waals surface area (Å²) in [4.78, 5) is 25.4. The predicted molar refractivity (Wildman–Crippen MR) is 76.4 cm³/mol. The van der Waals surface area contributed by atoms with Crippen molar-refractivity contribution in [2.45, 2.75) is 18.6 Å². The maximum Gasteiger partial charge on any atom is 0.288 e. The molecule has 0 aromatic carbocycles. The SMILES string of the molecule is CC(CCNC(=O)c1cc([N+](=O)[O-])cnc1Cl)S(C)=O. The van der Waals surface area contributed by atoms with Gasteiger partial charge in [-0.2, -0.15) is 0 Å². The summed E-state index contributed by atoms with van der Waals surface area (Å²) in [6.45, 7) is 2.11. The van der Waals surface area contributed by atoms with E-state index in [0.29, 0.717) is 13.0 Å². The van der Waals surface area contributed by atoms with Gasteiger partial charge in [0.25, 0.3) is 11.6 Å². The average molecular weight is 320 g/mol. The number of carbonyl (C=O) groups excluding carboxylic acids is 1. The molecule has 1 aromatic rings. The van der Waals surface area contributed by atoms with Crippen LogP contribution in [0.5, 0.6) is 0 Å². The lowest BCUT2D eigenvalue weighted by Gasteiger charge is -2.09. The van der Waals surface area contributed by atoms with Crippen molar-refractivity contribution >= 4 is 34.0 Å². The molecule has 1 amide bonds. The molecule has 110 valence electrons. The Labute approximate surface area is 123 Å². The predicted octanol–water partition coefficient (Wildman–Crippen LogP) is 1.53. The van der Waals surface area contributed by atoms with Gasteiger partial charge < -0.3 is 5.32 Å². The van der Waals surface area contributed by atoms with E-state index in [2.05, 4.69) is 10.3 Å². The number of rotatable bonds is 6. The number of hydrogen-bond donors (Lipinski definition) is 1. The Hall–Kier alpha value is -1.54. The Morgan fingerprint density at radius 1 is 1.65 bits per heavy atom. The van der Waals surface area contributed by atoms with Crippen LogP contribution in [0.25, 0.3) is 0 Å². The van der Waals surface area contributed by atoms with Gasteiger partial charge in [0, 0.05) is 34.9 Å². The average Bonchev–Trinajstić information content (AvgIpc) is 2.38. The topological polar surface area (TPSA) is 102 Å². The van der Waals surface area contributed by atoms with E-state index in [1.165, 1.54) is 0 Å². The van der Waals surface area contributed by atoms with E-state index in [4.69, 9.17) is 11.6 Å². The maximum absolute atomic E-state index is 11.9. The van der Waals surface area contributed by atoms with Crippen molar-refractivity contribution in [2.24, 2.45) is 0 Å². The highest BCUT2D eigenvalue weighted by atomic mass is 35.5. The molecule has 0 aliphatic carbocycles. The van der Waals surface area contributed by atoms with Gasteiger partial charge in [0.15, 0.2) is 0 Å². The highest BCUT2D eigenvalue weighted by Gasteiger charge is 2.17. The minimum atomic E-state index is -0.963. The number of nitro groups is 1. The summed E-state index contributed by atoms with van der Waals surface area (Å²) in [5.74, 6) is -0.541. The van der Waals surface area contributed by atoms with Gasteiger partial charge in [-0.25, -0.2) is 4.98 Å². The van der Waals surface area contributed by atoms with Crippen LogP contribution in [0, 0.1) is 10.1 Å². The lowest BCUT2D eigenvalue weighted by atomic mass is 10.2. The van der Waals surface area contributed by atoms with Gasteiger partial charge in [-0.1, -0.05) is 18.5 Å². The van der Waals surface area contributed by atoms with Crippen LogP contribution in [-0.4, -0.2) is 38.1 Å². The summed E-state index contributed by atoms with van der Waals surface area (Å²) in [5.41, 5.74) is -0.353. The van der Waals surface area contributed by atoms with Crippen LogP contribution in [0.4, 0.5) is 5.69 Å². The summed E-state index contributed by atoms with van der Waals surface area (Å²) in [5, 5.41) is 13.0. The van der Waals surface area contributed by atoms with Crippen LogP contribution in [0.2, 0.25) is 5.15 Å². The second kappa shape index (κ2) is 7.30. The van der Waals surface area contributed by atoms with Crippen LogP contribution in [0.3, 0.4) is 0 Å². The normalized spacial score (nSPS) is 13.6. The molecule has 2 atom stereocenters. The molecule has 1 heterocycles. The first kappa shape index (κ1) is 16.5. The van der Waals surface area contributed by atoms with E-state index in [0.717, 1.165) is 12.3 Å². The molecule has 1 aromatic heterocycles. The second-order valence-electron chi connectivity index (χ2n) is 4.14. The Morgan fingerprint density at radius 3 is 2.85 bits per heavy atom. The van der Waals surface area contributed by atoms with Crippen LogP contribution in [0.15, 0.2) is 12.3 Å². The molecule has 0 aliphatic heterocycles. The molecule has 20 heavy (non-hydrogen) atoms. The van der Waals surface area contributed by atoms with Crippen molar-refractivity contribution in [3.63, 3.8) is 0 Å². The van der Waals surface area contributed by atoms with Crippen LogP contribution in [0.1, 0.15) is 23.7 Å². The van der Waals surface area contributed by atoms with E-state index in [9.17, 15) is 19.1 Å². The first-order valence-corrected chi connectivity index (χ1v) is 7.73. The lowest BCUT2D eigenvalue weighted by molar-refractivity contribution is -0.385. The Bertz CT molecular complexity index is 552. The highest BCUT2D eigenvalue weighted by molar-refractivity contribution is 7.84. The molecule has 0 fully saturated rings. The fraction of sp³-hybridized carbons (Fsp3) is 0.455. The molecular formula is C11H14ClN3O4S. The molecule has 1 rings (SSSR count). The van der Waals surface area contributed by atoms with Crippen molar-refractivity contribution in [2.75, 3.05) is 12.8 Å². The standard InChI is InChI=1S/C11H14ClN3O4S/c1-7(20(2)19)3-4-13-11(16)9-5-8(15(17)18)6-14-10(9)12/h5-7H,3-4H2,1-2H3,(H,13,16). The van der Waals surface area contributed by atoms with E-state index in [-0.39, 0.29) is 21.7 Å². The highest BCUT2D eigenvalue weighted by Crippen LogP contribution is 2.18. The first-order valence-electron chi connectivity index (χ1n) is 5.73. The number of hydrogen-bond acceptors (Lipinski definition) is 5. The third-order valence-corrected chi connectivity index (χ3v) is 4.35. The summed E-state index contributed by atoms with van der Waals surface area (Å²) >= 11 is 5.74. The van der Waals surface area contributed by atoms with Gasteiger partial charge in [0.2, 0.25) is 0 Å². The van der Waals surface area contributed by atoms with Crippen molar-refractivity contribution in [1.29, 1.82) is 0 Å². The van der Waals surface area contributed by atoms with Gasteiger partial charge in [-0.05, 0) is 6.42 Å². The Morgan fingerprint density at radius 2 is 2.30 bits per heavy atom. The van der Waals surface area contributed by atoms with Gasteiger partial charge >= 0.3 is 0 Å². The number of nitrogens with zero attached hydrogens (tertiary/aromatic N) is 2. The maximum atomic E-state index is 11.9. The number of pyridine rings is 1. The molecule has 1 N–H and O–H groups in total. The molecule has 2 unspecified atom stereocenters. The minimum Gasteiger partial charge on any atom is -0.352 e. The molecule has 0 spiro atoms. The van der Waals surface area contributed by atoms with Crippen LogP contribution in [-0.2, 0) is 10.8 Å². The van der Waals surface area contributed by atoms with Gasteiger partial charge in [0.05, 0.1) is 10.5 Å². The van der Waals surface area contributed by atoms with E-state index >= 15 is 0 Å². The molecular weight excluding hydrogens is 306 g/mol. The summed E-state index contributed by atoms with van der Waals surface area (Å²) < 4.78 is 11.2. The monoisotopic (exact) mass is 319 g/mol. The zero-order valence-corrected chi connectivity index (χ0v) is 12.5. The van der Waals surface area contributed by atoms with E-state index < -0.39 is 21.6 Å². The number of nitrogens with one attached hydrogen (secondary N) is 1. The Balaban J connectivity index is 2.70. The second-order valence-corrected chi connectivity index (χ2v) is 6.30. The Kier molecular flexibility index (Phi) is 6.03. The zero-order chi connectivity index (χ0) is 15.3. The molecule has 7 nitrogen and oxygen atoms in total. The van der Waals surface area contributed by atoms with Crippen LogP contribution < -0.4 is 5.32 Å². The summed E-state index contributed by atoms with van der Waals surface area (Å²) in [6, 6.07) is 1.08. The van der Waals surface area contributed by atoms with Crippen molar-refractivity contribution in [3.05, 3.63) is 33.1 Å². The summed E-state index contributed by atoms with van der Waals surface area (Å²) in [6.07, 6.45) is 3.12. The smallest absolute Gasteiger partial charge is 0.288 e. The number of aromatic nitrogens is 1. The fourth-order valence-electron chi connectivity index (χ4n) is 1.35. The van der Waals surface area contributed by atoms with Gasteiger partial charge in [-0.3, -0.25) is 19.1 Å². The molecule has 0 bridgehead atoms. The molecule has 0 aliphatic rings. The summed E-state index contributed by atoms with van der Waals surface area (Å²) in [7, 11) is -0.963. The quantitative estimate of drug-likeness (QED) is 0.486. The fourth-order valence-corrected chi connectivity index (χ4v) is 1.99. The number of carbonyl (C=O) groups is 1.